The van der Waals surface area contributed by atoms with Crippen LogP contribution in [0, 0.1) is 0 Å². The maximum Gasteiger partial charge on any atom is 0.119 e. The van der Waals surface area contributed by atoms with Crippen LogP contribution >= 0.6 is 0 Å². The number of rotatable bonds is 8. The summed E-state index contributed by atoms with van der Waals surface area (Å²) in [5.41, 5.74) is 1.32. The van der Waals surface area contributed by atoms with Gasteiger partial charge in [-0.3, -0.25) is 4.90 Å². The molecule has 0 amide bonds. The van der Waals surface area contributed by atoms with Gasteiger partial charge in [-0.25, -0.2) is 0 Å². The first-order chi connectivity index (χ1) is 10.7. The lowest BCUT2D eigenvalue weighted by molar-refractivity contribution is 0.0167. The third kappa shape index (κ3) is 5.27. The second-order valence-electron chi connectivity index (χ2n) is 6.15. The van der Waals surface area contributed by atoms with E-state index in [1.807, 2.05) is 12.1 Å². The summed E-state index contributed by atoms with van der Waals surface area (Å²) in [6.07, 6.45) is 4.40. The Labute approximate surface area is 133 Å². The number of hydrogen-bond donors (Lipinski definition) is 2. The molecule has 1 aliphatic rings. The van der Waals surface area contributed by atoms with Gasteiger partial charge < -0.3 is 14.9 Å². The molecule has 1 aromatic carbocycles. The lowest BCUT2D eigenvalue weighted by Gasteiger charge is -2.36. The highest BCUT2D eigenvalue weighted by Crippen LogP contribution is 2.19. The molecular formula is C18H29NO3. The Bertz CT molecular complexity index is 421. The van der Waals surface area contributed by atoms with Crippen molar-refractivity contribution in [1.82, 2.24) is 4.90 Å². The summed E-state index contributed by atoms with van der Waals surface area (Å²) in [7, 11) is 0. The van der Waals surface area contributed by atoms with E-state index in [2.05, 4.69) is 24.0 Å². The summed E-state index contributed by atoms with van der Waals surface area (Å²) in [6.45, 7) is 4.87. The van der Waals surface area contributed by atoms with Crippen molar-refractivity contribution >= 4 is 0 Å². The molecule has 1 aromatic rings. The van der Waals surface area contributed by atoms with E-state index in [0.29, 0.717) is 6.42 Å². The molecule has 0 aliphatic carbocycles. The number of ether oxygens (including phenoxy) is 1. The van der Waals surface area contributed by atoms with Crippen molar-refractivity contribution in [2.24, 2.45) is 0 Å². The maximum atomic E-state index is 9.67. The summed E-state index contributed by atoms with van der Waals surface area (Å²) in [4.78, 5) is 2.31. The summed E-state index contributed by atoms with van der Waals surface area (Å²) < 4.78 is 5.59. The highest BCUT2D eigenvalue weighted by molar-refractivity contribution is 5.27. The minimum atomic E-state index is -0.246. The number of aliphatic hydroxyl groups is 2. The van der Waals surface area contributed by atoms with Gasteiger partial charge in [0.05, 0.1) is 19.3 Å². The zero-order valence-corrected chi connectivity index (χ0v) is 13.6. The molecule has 1 aliphatic heterocycles. The van der Waals surface area contributed by atoms with Gasteiger partial charge in [-0.1, -0.05) is 19.1 Å². The second kappa shape index (κ2) is 9.13. The van der Waals surface area contributed by atoms with Crippen molar-refractivity contribution in [3.05, 3.63) is 29.8 Å². The van der Waals surface area contributed by atoms with Crippen molar-refractivity contribution in [2.75, 3.05) is 26.3 Å². The fourth-order valence-electron chi connectivity index (χ4n) is 3.02. The average molecular weight is 307 g/mol. The molecule has 2 unspecified atom stereocenters. The van der Waals surface area contributed by atoms with E-state index in [4.69, 9.17) is 4.74 Å². The highest BCUT2D eigenvalue weighted by atomic mass is 16.5. The van der Waals surface area contributed by atoms with E-state index in [1.54, 1.807) is 0 Å². The molecular weight excluding hydrogens is 278 g/mol. The van der Waals surface area contributed by atoms with Crippen LogP contribution in [-0.2, 0) is 6.42 Å². The van der Waals surface area contributed by atoms with E-state index in [9.17, 15) is 10.2 Å². The normalized spacial score (nSPS) is 22.7. The second-order valence-corrected chi connectivity index (χ2v) is 6.15. The van der Waals surface area contributed by atoms with Crippen LogP contribution in [0.2, 0.25) is 0 Å². The molecule has 0 radical (unpaired) electrons. The van der Waals surface area contributed by atoms with Crippen LogP contribution in [-0.4, -0.2) is 53.6 Å². The zero-order chi connectivity index (χ0) is 15.8. The number of aliphatic hydroxyl groups excluding tert-OH is 2. The number of hydrogen-bond acceptors (Lipinski definition) is 4. The van der Waals surface area contributed by atoms with Crippen LogP contribution in [0.15, 0.2) is 24.3 Å². The maximum absolute atomic E-state index is 9.67. The third-order valence-electron chi connectivity index (χ3n) is 4.33. The Balaban J connectivity index is 1.73. The minimum Gasteiger partial charge on any atom is -0.494 e. The van der Waals surface area contributed by atoms with Crippen molar-refractivity contribution in [1.29, 1.82) is 0 Å². The molecule has 1 heterocycles. The highest BCUT2D eigenvalue weighted by Gasteiger charge is 2.26. The first kappa shape index (κ1) is 17.3. The van der Waals surface area contributed by atoms with Crippen LogP contribution in [0.4, 0.5) is 0 Å². The standard InChI is InChI=1S/C18H29NO3/c1-2-12-22-18-7-5-15(6-8-18)4-3-10-19-11-9-17(21)13-16(19)14-20/h5-8,16-17,20-21H,2-4,9-14H2,1H3. The molecule has 124 valence electrons. The van der Waals surface area contributed by atoms with Crippen molar-refractivity contribution in [3.63, 3.8) is 0 Å². The first-order valence-electron chi connectivity index (χ1n) is 8.47. The van der Waals surface area contributed by atoms with Crippen LogP contribution in [0.1, 0.15) is 38.2 Å². The van der Waals surface area contributed by atoms with Gasteiger partial charge in [0.2, 0.25) is 0 Å². The largest absolute Gasteiger partial charge is 0.494 e. The number of piperidine rings is 1. The number of benzene rings is 1. The first-order valence-corrected chi connectivity index (χ1v) is 8.47. The summed E-state index contributed by atoms with van der Waals surface area (Å²) in [5, 5.41) is 19.1. The van der Waals surface area contributed by atoms with Gasteiger partial charge in [0.25, 0.3) is 0 Å². The fourth-order valence-corrected chi connectivity index (χ4v) is 3.02. The van der Waals surface area contributed by atoms with Gasteiger partial charge in [0, 0.05) is 12.6 Å². The molecule has 4 nitrogen and oxygen atoms in total. The van der Waals surface area contributed by atoms with Crippen molar-refractivity contribution in [2.45, 2.75) is 51.2 Å². The number of nitrogens with zero attached hydrogens (tertiary/aromatic N) is 1. The SMILES string of the molecule is CCCOc1ccc(CCCN2CCC(O)CC2CO)cc1. The van der Waals surface area contributed by atoms with Gasteiger partial charge >= 0.3 is 0 Å². The molecule has 0 aromatic heterocycles. The zero-order valence-electron chi connectivity index (χ0n) is 13.6. The summed E-state index contributed by atoms with van der Waals surface area (Å²) >= 11 is 0. The van der Waals surface area contributed by atoms with Gasteiger partial charge in [-0.2, -0.15) is 0 Å². The monoisotopic (exact) mass is 307 g/mol. The van der Waals surface area contributed by atoms with E-state index in [0.717, 1.165) is 51.1 Å². The Hall–Kier alpha value is -1.10. The number of likely N-dealkylation sites (tertiary alicyclic amines) is 1. The molecule has 2 atom stereocenters. The molecule has 0 spiro atoms. The predicted molar refractivity (Wildman–Crippen MR) is 88.2 cm³/mol. The Kier molecular flexibility index (Phi) is 7.16. The smallest absolute Gasteiger partial charge is 0.119 e. The molecule has 1 fully saturated rings. The van der Waals surface area contributed by atoms with E-state index >= 15 is 0 Å². The summed E-state index contributed by atoms with van der Waals surface area (Å²) in [6, 6.07) is 8.47. The molecule has 0 bridgehead atoms. The quantitative estimate of drug-likeness (QED) is 0.773. The Morgan fingerprint density at radius 1 is 1.27 bits per heavy atom. The van der Waals surface area contributed by atoms with Crippen molar-refractivity contribution in [3.8, 4) is 5.75 Å². The van der Waals surface area contributed by atoms with Crippen molar-refractivity contribution < 1.29 is 14.9 Å². The van der Waals surface area contributed by atoms with Gasteiger partial charge in [0.15, 0.2) is 0 Å². The van der Waals surface area contributed by atoms with Crippen LogP contribution in [0.3, 0.4) is 0 Å². The fraction of sp³-hybridized carbons (Fsp3) is 0.667. The molecule has 2 rings (SSSR count). The molecule has 0 saturated carbocycles. The lowest BCUT2D eigenvalue weighted by atomic mass is 9.99. The molecule has 22 heavy (non-hydrogen) atoms. The van der Waals surface area contributed by atoms with Crippen LogP contribution in [0.5, 0.6) is 5.75 Å². The predicted octanol–water partition coefficient (Wildman–Crippen LogP) is 2.23. The van der Waals surface area contributed by atoms with Gasteiger partial charge in [-0.15, -0.1) is 0 Å². The Morgan fingerprint density at radius 2 is 2.05 bits per heavy atom. The van der Waals surface area contributed by atoms with E-state index < -0.39 is 0 Å². The average Bonchev–Trinajstić information content (AvgIpc) is 2.55. The molecule has 1 saturated heterocycles. The third-order valence-corrected chi connectivity index (χ3v) is 4.33. The van der Waals surface area contributed by atoms with Crippen LogP contribution in [0.25, 0.3) is 0 Å². The summed E-state index contributed by atoms with van der Waals surface area (Å²) in [5.74, 6) is 0.941. The Morgan fingerprint density at radius 3 is 2.73 bits per heavy atom. The van der Waals surface area contributed by atoms with E-state index in [-0.39, 0.29) is 18.8 Å². The molecule has 4 heteroatoms. The topological polar surface area (TPSA) is 52.9 Å². The van der Waals surface area contributed by atoms with Gasteiger partial charge in [0.1, 0.15) is 5.75 Å². The minimum absolute atomic E-state index is 0.119. The molecule has 2 N–H and O–H groups in total. The lowest BCUT2D eigenvalue weighted by Crippen LogP contribution is -2.46. The van der Waals surface area contributed by atoms with Crippen LogP contribution < -0.4 is 4.74 Å². The number of aryl methyl sites for hydroxylation is 1. The van der Waals surface area contributed by atoms with Gasteiger partial charge in [-0.05, 0) is 56.3 Å². The van der Waals surface area contributed by atoms with E-state index in [1.165, 1.54) is 5.56 Å².